The highest BCUT2D eigenvalue weighted by molar-refractivity contribution is 7.25. The fourth-order valence-electron chi connectivity index (χ4n) is 1.59. The van der Waals surface area contributed by atoms with Crippen LogP contribution in [0.25, 0.3) is 20.2 Å². The van der Waals surface area contributed by atoms with E-state index in [4.69, 9.17) is 4.74 Å². The molecular weight excluding hydrogens is 284 g/mol. The number of benzene rings is 1. The third-order valence-electron chi connectivity index (χ3n) is 2.30. The quantitative estimate of drug-likeness (QED) is 0.580. The first-order valence-corrected chi connectivity index (χ1v) is 7.05. The summed E-state index contributed by atoms with van der Waals surface area (Å²) in [4.78, 5) is 19.3. The molecule has 0 radical (unpaired) electrons. The highest BCUT2D eigenvalue weighted by atomic mass is 32.1. The summed E-state index contributed by atoms with van der Waals surface area (Å²) in [5, 5.41) is 12.2. The van der Waals surface area contributed by atoms with Gasteiger partial charge in [-0.25, -0.2) is 4.98 Å². The predicted octanol–water partition coefficient (Wildman–Crippen LogP) is 3.05. The number of hydrogen-bond donors (Lipinski definition) is 1. The lowest BCUT2D eigenvalue weighted by molar-refractivity contribution is -0.131. The van der Waals surface area contributed by atoms with Crippen molar-refractivity contribution in [1.82, 2.24) is 9.97 Å². The number of thiazole rings is 2. The van der Waals surface area contributed by atoms with Gasteiger partial charge in [-0.05, 0) is 12.1 Å². The van der Waals surface area contributed by atoms with Crippen LogP contribution in [-0.2, 0) is 4.79 Å². The van der Waals surface area contributed by atoms with Gasteiger partial charge in [0, 0.05) is 13.0 Å². The maximum Gasteiger partial charge on any atom is 0.308 e. The number of rotatable bonds is 2. The zero-order valence-corrected chi connectivity index (χ0v) is 11.4. The molecule has 0 fully saturated rings. The first-order valence-electron chi connectivity index (χ1n) is 5.36. The molecule has 0 amide bonds. The van der Waals surface area contributed by atoms with E-state index in [0.29, 0.717) is 10.8 Å². The van der Waals surface area contributed by atoms with E-state index < -0.39 is 0 Å². The van der Waals surface area contributed by atoms with E-state index in [2.05, 4.69) is 9.97 Å². The van der Waals surface area contributed by atoms with Crippen LogP contribution in [0.5, 0.6) is 11.6 Å². The lowest BCUT2D eigenvalue weighted by atomic mass is 10.3. The summed E-state index contributed by atoms with van der Waals surface area (Å²) in [6.45, 7) is 1.36. The van der Waals surface area contributed by atoms with Crippen molar-refractivity contribution in [2.24, 2.45) is 0 Å². The standard InChI is InChI=1S/C12H8N2O3S2/c1-6(15)17-7-2-3-8-9(4-7)19-12(13-8)11-14-10(16)5-18-11/h2-5,16H,1H3. The number of carbonyl (C=O) groups excluding carboxylic acids is 1. The first kappa shape index (κ1) is 12.1. The third kappa shape index (κ3) is 2.42. The van der Waals surface area contributed by atoms with Crippen molar-refractivity contribution < 1.29 is 14.6 Å². The first-order chi connectivity index (χ1) is 9.11. The van der Waals surface area contributed by atoms with Gasteiger partial charge in [-0.1, -0.05) is 0 Å². The topological polar surface area (TPSA) is 72.3 Å². The van der Waals surface area contributed by atoms with Crippen molar-refractivity contribution in [1.29, 1.82) is 0 Å². The number of fused-ring (bicyclic) bond motifs is 1. The minimum absolute atomic E-state index is 0.000131. The summed E-state index contributed by atoms with van der Waals surface area (Å²) in [6.07, 6.45) is 0. The monoisotopic (exact) mass is 292 g/mol. The van der Waals surface area contributed by atoms with Gasteiger partial charge in [-0.15, -0.1) is 22.7 Å². The Morgan fingerprint density at radius 2 is 2.16 bits per heavy atom. The Labute approximate surface area is 116 Å². The second-order valence-corrected chi connectivity index (χ2v) is 5.64. The maximum atomic E-state index is 10.9. The number of aromatic hydroxyl groups is 1. The second-order valence-electron chi connectivity index (χ2n) is 3.75. The van der Waals surface area contributed by atoms with E-state index >= 15 is 0 Å². The highest BCUT2D eigenvalue weighted by Crippen LogP contribution is 2.34. The molecule has 96 valence electrons. The van der Waals surface area contributed by atoms with Crippen LogP contribution in [0, 0.1) is 0 Å². The molecule has 7 heteroatoms. The van der Waals surface area contributed by atoms with Crippen LogP contribution in [0.2, 0.25) is 0 Å². The van der Waals surface area contributed by atoms with Crippen LogP contribution in [0.15, 0.2) is 23.6 Å². The molecule has 0 aliphatic carbocycles. The van der Waals surface area contributed by atoms with Crippen LogP contribution < -0.4 is 4.74 Å². The lowest BCUT2D eigenvalue weighted by Gasteiger charge is -1.99. The highest BCUT2D eigenvalue weighted by Gasteiger charge is 2.11. The molecule has 0 saturated carbocycles. The summed E-state index contributed by atoms with van der Waals surface area (Å²) in [5.41, 5.74) is 0.811. The molecule has 0 aliphatic rings. The molecule has 0 saturated heterocycles. The van der Waals surface area contributed by atoms with Crippen molar-refractivity contribution in [3.8, 4) is 21.6 Å². The summed E-state index contributed by atoms with van der Waals surface area (Å²) in [6, 6.07) is 5.26. The Morgan fingerprint density at radius 3 is 2.84 bits per heavy atom. The molecule has 2 aromatic heterocycles. The Hall–Kier alpha value is -1.99. The maximum absolute atomic E-state index is 10.9. The second kappa shape index (κ2) is 4.60. The largest absolute Gasteiger partial charge is 0.493 e. The van der Waals surface area contributed by atoms with Crippen LogP contribution in [-0.4, -0.2) is 21.0 Å². The number of aromatic nitrogens is 2. The summed E-state index contributed by atoms with van der Waals surface area (Å²) in [5.74, 6) is 0.144. The molecule has 19 heavy (non-hydrogen) atoms. The Bertz CT molecular complexity index is 763. The third-order valence-corrected chi connectivity index (χ3v) is 4.29. The average Bonchev–Trinajstić information content (AvgIpc) is 2.93. The van der Waals surface area contributed by atoms with Gasteiger partial charge in [-0.3, -0.25) is 4.79 Å². The number of esters is 1. The summed E-state index contributed by atoms with van der Waals surface area (Å²) in [7, 11) is 0. The molecule has 3 rings (SSSR count). The van der Waals surface area contributed by atoms with Gasteiger partial charge in [0.2, 0.25) is 5.88 Å². The van der Waals surface area contributed by atoms with E-state index in [0.717, 1.165) is 15.2 Å². The van der Waals surface area contributed by atoms with Crippen LogP contribution >= 0.6 is 22.7 Å². The molecule has 0 atom stereocenters. The molecule has 3 aromatic rings. The number of ether oxygens (including phenoxy) is 1. The predicted molar refractivity (Wildman–Crippen MR) is 73.7 cm³/mol. The van der Waals surface area contributed by atoms with E-state index in [1.54, 1.807) is 23.6 Å². The van der Waals surface area contributed by atoms with Gasteiger partial charge >= 0.3 is 5.97 Å². The fourth-order valence-corrected chi connectivity index (χ4v) is 3.30. The summed E-state index contributed by atoms with van der Waals surface area (Å²) < 4.78 is 5.93. The zero-order chi connectivity index (χ0) is 13.4. The molecule has 0 spiro atoms. The SMILES string of the molecule is CC(=O)Oc1ccc2nc(-c3nc(O)cs3)sc2c1. The Morgan fingerprint density at radius 1 is 1.32 bits per heavy atom. The van der Waals surface area contributed by atoms with E-state index in [1.165, 1.54) is 29.6 Å². The van der Waals surface area contributed by atoms with Gasteiger partial charge in [-0.2, -0.15) is 4.98 Å². The smallest absolute Gasteiger partial charge is 0.308 e. The van der Waals surface area contributed by atoms with Crippen LogP contribution in [0.1, 0.15) is 6.92 Å². The van der Waals surface area contributed by atoms with E-state index in [9.17, 15) is 9.90 Å². The van der Waals surface area contributed by atoms with Gasteiger partial charge in [0.1, 0.15) is 5.75 Å². The summed E-state index contributed by atoms with van der Waals surface area (Å²) >= 11 is 2.77. The molecule has 5 nitrogen and oxygen atoms in total. The molecule has 0 bridgehead atoms. The lowest BCUT2D eigenvalue weighted by Crippen LogP contribution is -2.00. The van der Waals surface area contributed by atoms with Crippen molar-refractivity contribution in [2.75, 3.05) is 0 Å². The Balaban J connectivity index is 2.03. The average molecular weight is 292 g/mol. The molecule has 1 aromatic carbocycles. The van der Waals surface area contributed by atoms with Crippen molar-refractivity contribution >= 4 is 38.9 Å². The molecule has 0 aliphatic heterocycles. The van der Waals surface area contributed by atoms with Crippen LogP contribution in [0.4, 0.5) is 0 Å². The van der Waals surface area contributed by atoms with E-state index in [1.807, 2.05) is 0 Å². The number of carbonyl (C=O) groups is 1. The van der Waals surface area contributed by atoms with E-state index in [-0.39, 0.29) is 11.8 Å². The fraction of sp³-hybridized carbons (Fsp3) is 0.0833. The number of hydrogen-bond acceptors (Lipinski definition) is 7. The normalized spacial score (nSPS) is 10.8. The van der Waals surface area contributed by atoms with Gasteiger partial charge in [0.05, 0.1) is 15.6 Å². The molecule has 0 unspecified atom stereocenters. The van der Waals surface area contributed by atoms with Gasteiger partial charge in [0.15, 0.2) is 10.0 Å². The molecular formula is C12H8N2O3S2. The van der Waals surface area contributed by atoms with Gasteiger partial charge in [0.25, 0.3) is 0 Å². The minimum Gasteiger partial charge on any atom is -0.493 e. The Kier molecular flexibility index (Phi) is 2.92. The molecule has 2 heterocycles. The zero-order valence-electron chi connectivity index (χ0n) is 9.78. The van der Waals surface area contributed by atoms with Crippen molar-refractivity contribution in [3.63, 3.8) is 0 Å². The van der Waals surface area contributed by atoms with Gasteiger partial charge < -0.3 is 9.84 Å². The van der Waals surface area contributed by atoms with Crippen molar-refractivity contribution in [2.45, 2.75) is 6.92 Å². The number of nitrogens with zero attached hydrogens (tertiary/aromatic N) is 2. The minimum atomic E-state index is -0.353. The van der Waals surface area contributed by atoms with Crippen molar-refractivity contribution in [3.05, 3.63) is 23.6 Å². The molecule has 1 N–H and O–H groups in total. The van der Waals surface area contributed by atoms with Crippen LogP contribution in [0.3, 0.4) is 0 Å².